The molecule has 2 aliphatic carbocycles. The van der Waals surface area contributed by atoms with E-state index in [1.807, 2.05) is 36.4 Å². The SMILES string of the molecule is Cc1c(-c2cc(-c3ccc4c(c3)CC4)cc(-n3c4ccccc4c4ccc5c(c6ccccc6n5-c5ccccc5-c5nc(-c6ccccc6)nc(-c6ccccc6)n5)c43)c2)cccc1-c1ccc2c(c1)CC2. The van der Waals surface area contributed by atoms with Crippen molar-refractivity contribution in [2.24, 2.45) is 0 Å². The van der Waals surface area contributed by atoms with Gasteiger partial charge in [-0.3, -0.25) is 0 Å². The lowest BCUT2D eigenvalue weighted by atomic mass is 9.84. The Morgan fingerprint density at radius 1 is 0.329 bits per heavy atom. The molecule has 73 heavy (non-hydrogen) atoms. The quantitative estimate of drug-likeness (QED) is 0.153. The zero-order valence-corrected chi connectivity index (χ0v) is 40.3. The second-order valence-corrected chi connectivity index (χ2v) is 19.8. The van der Waals surface area contributed by atoms with E-state index in [1.54, 1.807) is 0 Å². The zero-order chi connectivity index (χ0) is 48.1. The zero-order valence-electron chi connectivity index (χ0n) is 40.3. The predicted molar refractivity (Wildman–Crippen MR) is 301 cm³/mol. The summed E-state index contributed by atoms with van der Waals surface area (Å²) in [6.07, 6.45) is 4.63. The molecule has 0 spiro atoms. The Hall–Kier alpha value is -9.19. The van der Waals surface area contributed by atoms with Gasteiger partial charge >= 0.3 is 0 Å². The summed E-state index contributed by atoms with van der Waals surface area (Å²) in [6.45, 7) is 2.31. The van der Waals surface area contributed by atoms with Crippen LogP contribution in [0.15, 0.2) is 218 Å². The minimum atomic E-state index is 0.615. The average molecular weight is 934 g/mol. The van der Waals surface area contributed by atoms with Gasteiger partial charge in [0.05, 0.1) is 27.8 Å². The van der Waals surface area contributed by atoms with Gasteiger partial charge < -0.3 is 9.13 Å². The van der Waals surface area contributed by atoms with Gasteiger partial charge in [0, 0.05) is 43.9 Å². The molecule has 13 aromatic rings. The summed E-state index contributed by atoms with van der Waals surface area (Å²) in [6, 6.07) is 79.7. The van der Waals surface area contributed by atoms with Crippen LogP contribution in [0, 0.1) is 6.92 Å². The number of rotatable bonds is 8. The minimum absolute atomic E-state index is 0.615. The van der Waals surface area contributed by atoms with Crippen molar-refractivity contribution < 1.29 is 0 Å². The Kier molecular flexibility index (Phi) is 9.36. The first-order chi connectivity index (χ1) is 36.1. The van der Waals surface area contributed by atoms with Crippen LogP contribution in [0.4, 0.5) is 0 Å². The lowest BCUT2D eigenvalue weighted by molar-refractivity contribution is 0.840. The second-order valence-electron chi connectivity index (χ2n) is 19.8. The van der Waals surface area contributed by atoms with Crippen LogP contribution in [0.3, 0.4) is 0 Å². The van der Waals surface area contributed by atoms with E-state index in [9.17, 15) is 0 Å². The van der Waals surface area contributed by atoms with Crippen molar-refractivity contribution >= 4 is 43.6 Å². The summed E-state index contributed by atoms with van der Waals surface area (Å²) in [4.78, 5) is 15.5. The highest BCUT2D eigenvalue weighted by Crippen LogP contribution is 2.45. The van der Waals surface area contributed by atoms with Crippen molar-refractivity contribution in [3.63, 3.8) is 0 Å². The van der Waals surface area contributed by atoms with E-state index in [0.717, 1.165) is 58.4 Å². The standard InChI is InChI=1S/C68H47N5/c1-42-54(50-34-30-44-28-32-48(44)38-50)22-14-23-55(42)52-39-51(49-33-29-43-27-31-47(43)37-49)40-53(41-52)72-60-24-11-8-19-56(60)57-35-36-63-64(65(57)72)58-20-9-12-25-61(58)73(63)62-26-13-10-21-59(62)68-70-66(45-15-4-2-5-16-45)69-67(71-68)46-17-6-3-7-18-46/h2-26,29-30,33-41H,27-28,31-32H2,1H3. The van der Waals surface area contributed by atoms with Crippen LogP contribution in [0.5, 0.6) is 0 Å². The number of benzene rings is 10. The van der Waals surface area contributed by atoms with Gasteiger partial charge in [-0.1, -0.05) is 170 Å². The Balaban J connectivity index is 0.987. The highest BCUT2D eigenvalue weighted by Gasteiger charge is 2.25. The van der Waals surface area contributed by atoms with Crippen LogP contribution in [0.2, 0.25) is 0 Å². The van der Waals surface area contributed by atoms with E-state index in [1.165, 1.54) is 100 Å². The third-order valence-electron chi connectivity index (χ3n) is 15.8. The van der Waals surface area contributed by atoms with Crippen molar-refractivity contribution in [2.45, 2.75) is 32.6 Å². The topological polar surface area (TPSA) is 48.5 Å². The molecule has 15 rings (SSSR count). The van der Waals surface area contributed by atoms with E-state index in [2.05, 4.69) is 198 Å². The van der Waals surface area contributed by atoms with Crippen molar-refractivity contribution in [1.82, 2.24) is 24.1 Å². The number of fused-ring (bicyclic) bond motifs is 9. The molecule has 3 heterocycles. The minimum Gasteiger partial charge on any atom is -0.308 e. The van der Waals surface area contributed by atoms with Gasteiger partial charge in [-0.2, -0.15) is 0 Å². The molecule has 10 aromatic carbocycles. The highest BCUT2D eigenvalue weighted by atomic mass is 15.1. The molecule has 0 saturated heterocycles. The molecule has 0 bridgehead atoms. The fourth-order valence-corrected chi connectivity index (χ4v) is 11.9. The summed E-state index contributed by atoms with van der Waals surface area (Å²) >= 11 is 0. The van der Waals surface area contributed by atoms with Gasteiger partial charge in [0.15, 0.2) is 17.5 Å². The molecule has 344 valence electrons. The molecule has 0 amide bonds. The monoisotopic (exact) mass is 933 g/mol. The lowest BCUT2D eigenvalue weighted by Crippen LogP contribution is -2.07. The number of para-hydroxylation sites is 3. The van der Waals surface area contributed by atoms with E-state index in [0.29, 0.717) is 17.5 Å². The smallest absolute Gasteiger partial charge is 0.166 e. The fourth-order valence-electron chi connectivity index (χ4n) is 11.9. The first-order valence-corrected chi connectivity index (χ1v) is 25.5. The van der Waals surface area contributed by atoms with Crippen LogP contribution in [-0.4, -0.2) is 24.1 Å². The van der Waals surface area contributed by atoms with Crippen LogP contribution < -0.4 is 0 Å². The van der Waals surface area contributed by atoms with Crippen LogP contribution in [-0.2, 0) is 25.7 Å². The number of hydrogen-bond donors (Lipinski definition) is 0. The first-order valence-electron chi connectivity index (χ1n) is 25.5. The van der Waals surface area contributed by atoms with Gasteiger partial charge in [-0.05, 0) is 142 Å². The average Bonchev–Trinajstić information content (AvgIpc) is 4.01. The maximum atomic E-state index is 5.24. The maximum absolute atomic E-state index is 5.24. The van der Waals surface area contributed by atoms with Crippen LogP contribution in [0.1, 0.15) is 27.8 Å². The molecule has 5 nitrogen and oxygen atoms in total. The molecule has 0 aliphatic heterocycles. The number of nitrogens with zero attached hydrogens (tertiary/aromatic N) is 5. The molecule has 0 radical (unpaired) electrons. The highest BCUT2D eigenvalue weighted by molar-refractivity contribution is 6.26. The summed E-state index contributed by atoms with van der Waals surface area (Å²) in [5.41, 5.74) is 24.1. The molecule has 3 aromatic heterocycles. The third-order valence-corrected chi connectivity index (χ3v) is 15.8. The van der Waals surface area contributed by atoms with Crippen LogP contribution in [0.25, 0.3) is 123 Å². The Bertz CT molecular complexity index is 4330. The van der Waals surface area contributed by atoms with Gasteiger partial charge in [0.2, 0.25) is 0 Å². The predicted octanol–water partition coefficient (Wildman–Crippen LogP) is 16.6. The second kappa shape index (κ2) is 16.4. The molecule has 0 N–H and O–H groups in total. The number of aryl methyl sites for hydroxylation is 4. The molecule has 0 saturated carbocycles. The fraction of sp³-hybridized carbons (Fsp3) is 0.0735. The molecule has 0 atom stereocenters. The molecule has 0 fully saturated rings. The molecule has 2 aliphatic rings. The summed E-state index contributed by atoms with van der Waals surface area (Å²) in [5, 5.41) is 4.80. The molecular formula is C68H47N5. The third kappa shape index (κ3) is 6.66. The largest absolute Gasteiger partial charge is 0.308 e. The Morgan fingerprint density at radius 2 is 0.877 bits per heavy atom. The molecule has 5 heteroatoms. The normalized spacial score (nSPS) is 12.8. The van der Waals surface area contributed by atoms with Gasteiger partial charge in [0.1, 0.15) is 0 Å². The van der Waals surface area contributed by atoms with E-state index >= 15 is 0 Å². The van der Waals surface area contributed by atoms with Gasteiger partial charge in [-0.25, -0.2) is 15.0 Å². The van der Waals surface area contributed by atoms with E-state index < -0.39 is 0 Å². The van der Waals surface area contributed by atoms with Crippen molar-refractivity contribution in [2.75, 3.05) is 0 Å². The number of hydrogen-bond acceptors (Lipinski definition) is 3. The summed E-state index contributed by atoms with van der Waals surface area (Å²) in [7, 11) is 0. The van der Waals surface area contributed by atoms with Crippen LogP contribution >= 0.6 is 0 Å². The Morgan fingerprint density at radius 3 is 1.56 bits per heavy atom. The number of aromatic nitrogens is 5. The summed E-state index contributed by atoms with van der Waals surface area (Å²) < 4.78 is 4.97. The maximum Gasteiger partial charge on any atom is 0.166 e. The van der Waals surface area contributed by atoms with E-state index in [-0.39, 0.29) is 0 Å². The molecule has 0 unspecified atom stereocenters. The van der Waals surface area contributed by atoms with Crippen molar-refractivity contribution in [1.29, 1.82) is 0 Å². The van der Waals surface area contributed by atoms with Crippen molar-refractivity contribution in [3.05, 3.63) is 246 Å². The lowest BCUT2D eigenvalue weighted by Gasteiger charge is -2.21. The summed E-state index contributed by atoms with van der Waals surface area (Å²) in [5.74, 6) is 1.88. The van der Waals surface area contributed by atoms with Crippen molar-refractivity contribution in [3.8, 4) is 78.9 Å². The van der Waals surface area contributed by atoms with E-state index in [4.69, 9.17) is 15.0 Å². The Labute approximate surface area is 423 Å². The van der Waals surface area contributed by atoms with Gasteiger partial charge in [-0.15, -0.1) is 0 Å². The molecular weight excluding hydrogens is 887 g/mol. The van der Waals surface area contributed by atoms with Gasteiger partial charge in [0.25, 0.3) is 0 Å². The first kappa shape index (κ1) is 41.6.